The van der Waals surface area contributed by atoms with E-state index in [1.807, 2.05) is 0 Å². The molecule has 0 bridgehead atoms. The molecule has 0 aromatic carbocycles. The number of isocyanates is 1. The minimum absolute atomic E-state index is 0. The van der Waals surface area contributed by atoms with Crippen LogP contribution in [-0.4, -0.2) is 35.6 Å². The fourth-order valence-corrected chi connectivity index (χ4v) is 0. The Morgan fingerprint density at radius 2 is 2.00 bits per heavy atom. The van der Waals surface area contributed by atoms with Gasteiger partial charge in [0.05, 0.1) is 16.1 Å². The van der Waals surface area contributed by atoms with Gasteiger partial charge in [-0.1, -0.05) is 0 Å². The molecule has 0 spiro atoms. The quantitative estimate of drug-likeness (QED) is 0.273. The van der Waals surface area contributed by atoms with E-state index in [1.165, 1.54) is 6.08 Å². The van der Waals surface area contributed by atoms with Crippen LogP contribution in [0.5, 0.6) is 0 Å². The maximum atomic E-state index is 8.84. The fraction of sp³-hybridized carbons (Fsp3) is 0. The Kier molecular flexibility index (Phi) is 16.4. The minimum Gasteiger partial charge on any atom is -0.210 e. The van der Waals surface area contributed by atoms with E-state index in [2.05, 4.69) is 20.2 Å². The van der Waals surface area contributed by atoms with Crippen molar-refractivity contribution in [2.75, 3.05) is 0 Å². The predicted octanol–water partition coefficient (Wildman–Crippen LogP) is 0.251. The first-order valence-electron chi connectivity index (χ1n) is 0.597. The van der Waals surface area contributed by atoms with Gasteiger partial charge in [0, 0.05) is 29.6 Å². The van der Waals surface area contributed by atoms with Crippen LogP contribution >= 0.6 is 16.1 Å². The SMILES string of the molecule is O=C=NBr.[Na]. The molecule has 0 saturated carbocycles. The van der Waals surface area contributed by atoms with E-state index in [1.54, 1.807) is 0 Å². The van der Waals surface area contributed by atoms with Gasteiger partial charge in [-0.05, 0) is 0 Å². The molecule has 0 aromatic heterocycles. The Hall–Kier alpha value is 0.860. The number of hydrogen-bond acceptors (Lipinski definition) is 2. The summed E-state index contributed by atoms with van der Waals surface area (Å²) in [6.45, 7) is 0. The van der Waals surface area contributed by atoms with Crippen LogP contribution in [0.4, 0.5) is 0 Å². The molecule has 0 aromatic rings. The molecule has 0 N–H and O–H groups in total. The largest absolute Gasteiger partial charge is 0.247 e. The van der Waals surface area contributed by atoms with Gasteiger partial charge in [-0.15, -0.1) is 4.02 Å². The minimum atomic E-state index is 0. The molecule has 5 heavy (non-hydrogen) atoms. The van der Waals surface area contributed by atoms with E-state index in [9.17, 15) is 0 Å². The van der Waals surface area contributed by atoms with Crippen LogP contribution in [0.3, 0.4) is 0 Å². The van der Waals surface area contributed by atoms with Gasteiger partial charge in [0.15, 0.2) is 0 Å². The Labute approximate surface area is 60.3 Å². The zero-order valence-corrected chi connectivity index (χ0v) is 6.32. The molecule has 0 unspecified atom stereocenters. The molecule has 0 aliphatic heterocycles. The van der Waals surface area contributed by atoms with Crippen LogP contribution in [0.25, 0.3) is 0 Å². The van der Waals surface area contributed by atoms with E-state index in [0.717, 1.165) is 0 Å². The zero-order chi connectivity index (χ0) is 3.41. The summed E-state index contributed by atoms with van der Waals surface area (Å²) >= 11 is 2.45. The second-order valence-electron chi connectivity index (χ2n) is 0.176. The third-order valence-electron chi connectivity index (χ3n) is 0.0345. The Bertz CT molecular complexity index is 49.6. The molecular formula is CBrNNaO. The van der Waals surface area contributed by atoms with Crippen molar-refractivity contribution in [2.45, 2.75) is 0 Å². The molecule has 0 aliphatic rings. The fourth-order valence-electron chi connectivity index (χ4n) is 0. The van der Waals surface area contributed by atoms with Gasteiger partial charge in [0.25, 0.3) is 0 Å². The molecule has 0 fully saturated rings. The summed E-state index contributed by atoms with van der Waals surface area (Å²) in [4.78, 5) is 8.84. The average Bonchev–Trinajstić information content (AvgIpc) is 1.37. The third kappa shape index (κ3) is 11.5. The number of carbonyl (C=O) groups excluding carboxylic acids is 1. The Morgan fingerprint density at radius 1 is 1.80 bits per heavy atom. The molecule has 1 radical (unpaired) electrons. The van der Waals surface area contributed by atoms with Gasteiger partial charge in [0.1, 0.15) is 0 Å². The van der Waals surface area contributed by atoms with Crippen molar-refractivity contribution >= 4 is 51.8 Å². The average molecular weight is 145 g/mol. The summed E-state index contributed by atoms with van der Waals surface area (Å²) in [6.07, 6.45) is 1.22. The molecule has 4 heteroatoms. The van der Waals surface area contributed by atoms with E-state index in [-0.39, 0.29) is 29.6 Å². The van der Waals surface area contributed by atoms with Gasteiger partial charge in [-0.25, -0.2) is 4.79 Å². The zero-order valence-electron chi connectivity index (χ0n) is 2.73. The predicted molar refractivity (Wildman–Crippen MR) is 22.8 cm³/mol. The second-order valence-corrected chi connectivity index (χ2v) is 0.530. The number of hydrogen-bond donors (Lipinski definition) is 0. The van der Waals surface area contributed by atoms with Crippen molar-refractivity contribution in [2.24, 2.45) is 4.02 Å². The van der Waals surface area contributed by atoms with Crippen molar-refractivity contribution < 1.29 is 4.79 Å². The maximum Gasteiger partial charge on any atom is 0.247 e. The van der Waals surface area contributed by atoms with Crippen molar-refractivity contribution in [3.63, 3.8) is 0 Å². The summed E-state index contributed by atoms with van der Waals surface area (Å²) in [5.41, 5.74) is 0. The van der Waals surface area contributed by atoms with Crippen molar-refractivity contribution in [1.29, 1.82) is 0 Å². The van der Waals surface area contributed by atoms with Crippen LogP contribution in [0, 0.1) is 0 Å². The molecule has 23 valence electrons. The van der Waals surface area contributed by atoms with Crippen LogP contribution in [-0.2, 0) is 4.79 Å². The Balaban J connectivity index is 0. The smallest absolute Gasteiger partial charge is 0.210 e. The summed E-state index contributed by atoms with van der Waals surface area (Å²) in [6, 6.07) is 0. The summed E-state index contributed by atoms with van der Waals surface area (Å²) in [5.74, 6) is 0. The first-order chi connectivity index (χ1) is 1.91. The molecule has 0 rings (SSSR count). The van der Waals surface area contributed by atoms with E-state index >= 15 is 0 Å². The van der Waals surface area contributed by atoms with Crippen molar-refractivity contribution in [3.05, 3.63) is 0 Å². The van der Waals surface area contributed by atoms with Gasteiger partial charge < -0.3 is 0 Å². The maximum absolute atomic E-state index is 8.84. The van der Waals surface area contributed by atoms with Gasteiger partial charge in [0.2, 0.25) is 6.08 Å². The molecule has 0 saturated heterocycles. The normalized spacial score (nSPS) is 3.40. The van der Waals surface area contributed by atoms with E-state index in [0.29, 0.717) is 0 Å². The van der Waals surface area contributed by atoms with Crippen molar-refractivity contribution in [3.8, 4) is 0 Å². The summed E-state index contributed by atoms with van der Waals surface area (Å²) in [5, 5.41) is 0. The molecule has 2 nitrogen and oxygen atoms in total. The van der Waals surface area contributed by atoms with Crippen LogP contribution in [0.15, 0.2) is 4.02 Å². The Morgan fingerprint density at radius 3 is 2.00 bits per heavy atom. The van der Waals surface area contributed by atoms with E-state index in [4.69, 9.17) is 4.79 Å². The summed E-state index contributed by atoms with van der Waals surface area (Å²) in [7, 11) is 0. The van der Waals surface area contributed by atoms with E-state index < -0.39 is 0 Å². The first-order valence-corrected chi connectivity index (χ1v) is 1.31. The molecular weight excluding hydrogens is 145 g/mol. The third-order valence-corrected chi connectivity index (χ3v) is 0.179. The summed E-state index contributed by atoms with van der Waals surface area (Å²) < 4.78 is 2.74. The first kappa shape index (κ1) is 9.29. The number of halogens is 1. The van der Waals surface area contributed by atoms with Crippen LogP contribution < -0.4 is 0 Å². The topological polar surface area (TPSA) is 29.4 Å². The van der Waals surface area contributed by atoms with Crippen LogP contribution in [0.2, 0.25) is 0 Å². The monoisotopic (exact) mass is 144 g/mol. The molecule has 0 heterocycles. The molecule has 0 aliphatic carbocycles. The van der Waals surface area contributed by atoms with Crippen LogP contribution in [0.1, 0.15) is 0 Å². The van der Waals surface area contributed by atoms with Gasteiger partial charge in [-0.2, -0.15) is 0 Å². The molecule has 0 atom stereocenters. The van der Waals surface area contributed by atoms with Gasteiger partial charge >= 0.3 is 0 Å². The number of rotatable bonds is 0. The second kappa shape index (κ2) is 8.85. The van der Waals surface area contributed by atoms with Crippen molar-refractivity contribution in [1.82, 2.24) is 0 Å². The van der Waals surface area contributed by atoms with Gasteiger partial charge in [-0.3, -0.25) is 0 Å². The molecule has 0 amide bonds. The standard InChI is InChI=1S/CBrNO.Na/c2-3-1-4;. The number of nitrogens with zero attached hydrogens (tertiary/aromatic N) is 1.